The van der Waals surface area contributed by atoms with E-state index in [1.807, 2.05) is 0 Å². The van der Waals surface area contributed by atoms with Crippen LogP contribution in [-0.4, -0.2) is 29.7 Å². The fraction of sp³-hybridized carbons (Fsp3) is 0. The van der Waals surface area contributed by atoms with E-state index in [1.165, 1.54) is 23.4 Å². The molecule has 1 aromatic carbocycles. The molecule has 0 unspecified atom stereocenters. The predicted octanol–water partition coefficient (Wildman–Crippen LogP) is 2.05. The Morgan fingerprint density at radius 3 is 2.45 bits per heavy atom. The quantitative estimate of drug-likeness (QED) is 0.723. The van der Waals surface area contributed by atoms with Crippen LogP contribution in [0, 0.1) is 11.6 Å². The Labute approximate surface area is 116 Å². The van der Waals surface area contributed by atoms with Gasteiger partial charge in [0.2, 0.25) is 5.28 Å². The van der Waals surface area contributed by atoms with E-state index < -0.39 is 11.6 Å². The van der Waals surface area contributed by atoms with Gasteiger partial charge in [0.1, 0.15) is 24.3 Å². The van der Waals surface area contributed by atoms with E-state index in [0.29, 0.717) is 0 Å². The molecule has 0 fully saturated rings. The van der Waals surface area contributed by atoms with Crippen molar-refractivity contribution in [2.75, 3.05) is 0 Å². The second-order valence-corrected chi connectivity index (χ2v) is 4.00. The number of halogens is 3. The molecule has 3 rings (SSSR count). The minimum absolute atomic E-state index is 0.0140. The van der Waals surface area contributed by atoms with Crippen LogP contribution in [0.3, 0.4) is 0 Å². The topological polar surface area (TPSA) is 69.4 Å². The largest absolute Gasteiger partial charge is 0.256 e. The van der Waals surface area contributed by atoms with Crippen molar-refractivity contribution in [1.29, 1.82) is 0 Å². The summed E-state index contributed by atoms with van der Waals surface area (Å²) in [5.41, 5.74) is -0.377. The van der Waals surface area contributed by atoms with Crippen molar-refractivity contribution < 1.29 is 8.78 Å². The summed E-state index contributed by atoms with van der Waals surface area (Å²) in [5, 5.41) is 3.61. The van der Waals surface area contributed by atoms with E-state index in [2.05, 4.69) is 25.0 Å². The Morgan fingerprint density at radius 1 is 1.05 bits per heavy atom. The number of aromatic nitrogens is 6. The fourth-order valence-electron chi connectivity index (χ4n) is 1.58. The maximum Gasteiger partial charge on any atom is 0.256 e. The Hall–Kier alpha value is -2.48. The zero-order chi connectivity index (χ0) is 14.1. The van der Waals surface area contributed by atoms with Crippen molar-refractivity contribution in [1.82, 2.24) is 29.7 Å². The van der Waals surface area contributed by atoms with Gasteiger partial charge in [0.05, 0.1) is 5.56 Å². The van der Waals surface area contributed by atoms with Gasteiger partial charge in [0.25, 0.3) is 5.95 Å². The van der Waals surface area contributed by atoms with E-state index in [1.54, 1.807) is 0 Å². The monoisotopic (exact) mass is 294 g/mol. The van der Waals surface area contributed by atoms with Crippen molar-refractivity contribution >= 4 is 11.6 Å². The number of hydrogen-bond donors (Lipinski definition) is 0. The van der Waals surface area contributed by atoms with Gasteiger partial charge in [0.15, 0.2) is 5.82 Å². The first-order chi connectivity index (χ1) is 9.65. The van der Waals surface area contributed by atoms with E-state index in [-0.39, 0.29) is 22.6 Å². The lowest BCUT2D eigenvalue weighted by molar-refractivity contribution is 0.587. The van der Waals surface area contributed by atoms with E-state index in [0.717, 1.165) is 12.1 Å². The first-order valence-corrected chi connectivity index (χ1v) is 5.74. The molecule has 0 radical (unpaired) electrons. The van der Waals surface area contributed by atoms with Crippen LogP contribution in [-0.2, 0) is 0 Å². The van der Waals surface area contributed by atoms with Crippen LogP contribution in [0.15, 0.2) is 30.9 Å². The number of hydrogen-bond acceptors (Lipinski definition) is 5. The predicted molar refractivity (Wildman–Crippen MR) is 65.1 cm³/mol. The molecular formula is C11H5ClF2N6. The van der Waals surface area contributed by atoms with Gasteiger partial charge < -0.3 is 0 Å². The zero-order valence-corrected chi connectivity index (χ0v) is 10.5. The third-order valence-corrected chi connectivity index (χ3v) is 2.58. The zero-order valence-electron chi connectivity index (χ0n) is 9.70. The lowest BCUT2D eigenvalue weighted by Crippen LogP contribution is -2.06. The summed E-state index contributed by atoms with van der Waals surface area (Å²) in [4.78, 5) is 15.2. The van der Waals surface area contributed by atoms with E-state index in [9.17, 15) is 8.78 Å². The minimum atomic E-state index is -0.795. The van der Waals surface area contributed by atoms with Gasteiger partial charge in [0, 0.05) is 0 Å². The summed E-state index contributed by atoms with van der Waals surface area (Å²) in [5.74, 6) is -1.79. The molecule has 0 saturated heterocycles. The van der Waals surface area contributed by atoms with Crippen molar-refractivity contribution in [3.05, 3.63) is 47.8 Å². The highest BCUT2D eigenvalue weighted by molar-refractivity contribution is 6.28. The van der Waals surface area contributed by atoms with Crippen LogP contribution in [0.2, 0.25) is 5.28 Å². The molecule has 0 N–H and O–H groups in total. The molecule has 0 aliphatic heterocycles. The third kappa shape index (κ3) is 2.21. The molecule has 0 saturated carbocycles. The lowest BCUT2D eigenvalue weighted by Gasteiger charge is -2.05. The fourth-order valence-corrected chi connectivity index (χ4v) is 1.73. The Morgan fingerprint density at radius 2 is 1.80 bits per heavy atom. The summed E-state index contributed by atoms with van der Waals surface area (Å²) in [6.07, 6.45) is 2.59. The molecule has 100 valence electrons. The molecule has 9 heteroatoms. The summed E-state index contributed by atoms with van der Waals surface area (Å²) >= 11 is 5.75. The molecule has 0 aliphatic rings. The second-order valence-electron chi connectivity index (χ2n) is 3.66. The van der Waals surface area contributed by atoms with Crippen LogP contribution >= 0.6 is 11.6 Å². The molecule has 3 aromatic rings. The summed E-state index contributed by atoms with van der Waals surface area (Å²) in [6, 6.07) is 3.45. The smallest absolute Gasteiger partial charge is 0.223 e. The third-order valence-electron chi connectivity index (χ3n) is 2.41. The number of benzene rings is 1. The highest BCUT2D eigenvalue weighted by atomic mass is 35.5. The average molecular weight is 295 g/mol. The van der Waals surface area contributed by atoms with Gasteiger partial charge >= 0.3 is 0 Å². The highest BCUT2D eigenvalue weighted by Crippen LogP contribution is 2.23. The normalized spacial score (nSPS) is 10.8. The molecule has 6 nitrogen and oxygen atoms in total. The molecule has 0 bridgehead atoms. The van der Waals surface area contributed by atoms with Crippen LogP contribution in [0.4, 0.5) is 8.78 Å². The van der Waals surface area contributed by atoms with Crippen molar-refractivity contribution in [2.45, 2.75) is 0 Å². The van der Waals surface area contributed by atoms with Gasteiger partial charge in [-0.3, -0.25) is 0 Å². The number of rotatable bonds is 2. The van der Waals surface area contributed by atoms with Gasteiger partial charge in [-0.25, -0.2) is 13.8 Å². The molecule has 2 aromatic heterocycles. The number of nitrogens with zero attached hydrogens (tertiary/aromatic N) is 6. The summed E-state index contributed by atoms with van der Waals surface area (Å²) in [7, 11) is 0. The van der Waals surface area contributed by atoms with E-state index >= 15 is 0 Å². The summed E-state index contributed by atoms with van der Waals surface area (Å²) < 4.78 is 28.7. The standard InChI is InChI=1S/C11H5ClF2N6/c12-10-17-9(8-6(13)2-1-3-7(8)14)18-11(19-10)20-5-15-4-16-20/h1-5H. The molecule has 0 spiro atoms. The van der Waals surface area contributed by atoms with Crippen LogP contribution in [0.25, 0.3) is 17.3 Å². The van der Waals surface area contributed by atoms with Gasteiger partial charge in [-0.1, -0.05) is 6.07 Å². The van der Waals surface area contributed by atoms with E-state index in [4.69, 9.17) is 11.6 Å². The Kier molecular flexibility index (Phi) is 3.07. The van der Waals surface area contributed by atoms with Gasteiger partial charge in [-0.05, 0) is 23.7 Å². The van der Waals surface area contributed by atoms with Crippen molar-refractivity contribution in [3.8, 4) is 17.3 Å². The molecule has 0 atom stereocenters. The van der Waals surface area contributed by atoms with Crippen LogP contribution in [0.5, 0.6) is 0 Å². The molecule has 0 aliphatic carbocycles. The first kappa shape index (κ1) is 12.5. The van der Waals surface area contributed by atoms with Crippen molar-refractivity contribution in [2.24, 2.45) is 0 Å². The van der Waals surface area contributed by atoms with Crippen molar-refractivity contribution in [3.63, 3.8) is 0 Å². The highest BCUT2D eigenvalue weighted by Gasteiger charge is 2.16. The molecule has 0 amide bonds. The van der Waals surface area contributed by atoms with Gasteiger partial charge in [-0.2, -0.15) is 24.7 Å². The minimum Gasteiger partial charge on any atom is -0.223 e. The summed E-state index contributed by atoms with van der Waals surface area (Å²) in [6.45, 7) is 0. The maximum absolute atomic E-state index is 13.7. The molecule has 20 heavy (non-hydrogen) atoms. The van der Waals surface area contributed by atoms with Crippen LogP contribution < -0.4 is 0 Å². The Bertz CT molecular complexity index is 741. The Balaban J connectivity index is 2.20. The maximum atomic E-state index is 13.7. The first-order valence-electron chi connectivity index (χ1n) is 5.36. The van der Waals surface area contributed by atoms with Crippen LogP contribution in [0.1, 0.15) is 0 Å². The lowest BCUT2D eigenvalue weighted by atomic mass is 10.2. The SMILES string of the molecule is Fc1cccc(F)c1-c1nc(Cl)nc(-n2cncn2)n1. The second kappa shape index (κ2) is 4.89. The molecular weight excluding hydrogens is 290 g/mol. The van der Waals surface area contributed by atoms with Gasteiger partial charge in [-0.15, -0.1) is 0 Å². The molecule has 2 heterocycles. The average Bonchev–Trinajstić information content (AvgIpc) is 2.91.